The van der Waals surface area contributed by atoms with E-state index in [-0.39, 0.29) is 0 Å². The monoisotopic (exact) mass is 170 g/mol. The Labute approximate surface area is 73.8 Å². The molecule has 0 aliphatic rings. The maximum absolute atomic E-state index is 4.24. The topological polar surface area (TPSA) is 43.1 Å². The molecular weight excluding hydrogens is 164 g/mol. The van der Waals surface area contributed by atoms with Crippen LogP contribution in [0, 0.1) is 0 Å². The third kappa shape index (κ3) is 0.823. The van der Waals surface area contributed by atoms with Gasteiger partial charge in [-0.3, -0.25) is 4.98 Å². The molecule has 0 aromatic carbocycles. The van der Waals surface area contributed by atoms with E-state index >= 15 is 0 Å². The summed E-state index contributed by atoms with van der Waals surface area (Å²) in [7, 11) is 0. The second kappa shape index (κ2) is 2.26. The summed E-state index contributed by atoms with van der Waals surface area (Å²) in [5, 5.41) is 8.82. The molecule has 0 aliphatic heterocycles. The van der Waals surface area contributed by atoms with Crippen LogP contribution in [0.3, 0.4) is 0 Å². The Morgan fingerprint density at radius 2 is 2.23 bits per heavy atom. The molecule has 0 fully saturated rings. The summed E-state index contributed by atoms with van der Waals surface area (Å²) in [5.74, 6) is 0. The third-order valence-electron chi connectivity index (χ3n) is 2.06. The quantitative estimate of drug-likeness (QED) is 0.510. The predicted octanol–water partition coefficient (Wildman–Crippen LogP) is 1.28. The zero-order chi connectivity index (χ0) is 8.67. The molecule has 13 heavy (non-hydrogen) atoms. The van der Waals surface area contributed by atoms with Crippen LogP contribution < -0.4 is 0 Å². The van der Waals surface area contributed by atoms with Crippen molar-refractivity contribution in [3.8, 4) is 0 Å². The highest BCUT2D eigenvalue weighted by molar-refractivity contribution is 5.92. The van der Waals surface area contributed by atoms with E-state index in [0.717, 1.165) is 16.4 Å². The summed E-state index contributed by atoms with van der Waals surface area (Å²) < 4.78 is 1.74. The van der Waals surface area contributed by atoms with Crippen molar-refractivity contribution in [2.24, 2.45) is 0 Å². The zero-order valence-corrected chi connectivity index (χ0v) is 6.75. The number of hydrogen-bond acceptors (Lipinski definition) is 3. The molecule has 0 aliphatic carbocycles. The normalized spacial score (nSPS) is 11.1. The van der Waals surface area contributed by atoms with Crippen LogP contribution in [0.2, 0.25) is 0 Å². The van der Waals surface area contributed by atoms with E-state index in [9.17, 15) is 0 Å². The van der Waals surface area contributed by atoms with Gasteiger partial charge in [0.15, 0.2) is 0 Å². The van der Waals surface area contributed by atoms with E-state index in [1.165, 1.54) is 0 Å². The van der Waals surface area contributed by atoms with Crippen LogP contribution in [0.4, 0.5) is 0 Å². The van der Waals surface area contributed by atoms with Crippen molar-refractivity contribution in [1.29, 1.82) is 0 Å². The molecule has 0 saturated carbocycles. The molecule has 4 heteroatoms. The molecule has 0 unspecified atom stereocenters. The van der Waals surface area contributed by atoms with Gasteiger partial charge in [0.2, 0.25) is 0 Å². The molecule has 0 saturated heterocycles. The number of pyridine rings is 2. The highest BCUT2D eigenvalue weighted by Crippen LogP contribution is 2.15. The summed E-state index contributed by atoms with van der Waals surface area (Å²) >= 11 is 0. The summed E-state index contributed by atoms with van der Waals surface area (Å²) in [6.45, 7) is 0. The van der Waals surface area contributed by atoms with Crippen LogP contribution in [0.25, 0.3) is 16.4 Å². The molecule has 4 nitrogen and oxygen atoms in total. The van der Waals surface area contributed by atoms with Crippen LogP contribution >= 0.6 is 0 Å². The second-order valence-electron chi connectivity index (χ2n) is 2.82. The first-order chi connectivity index (χ1) is 6.45. The lowest BCUT2D eigenvalue weighted by Gasteiger charge is -1.96. The molecule has 62 valence electrons. The molecule has 3 aromatic heterocycles. The highest BCUT2D eigenvalue weighted by Gasteiger charge is 2.00. The Morgan fingerprint density at radius 3 is 3.23 bits per heavy atom. The fraction of sp³-hybridized carbons (Fsp3) is 0. The van der Waals surface area contributed by atoms with Crippen LogP contribution in [0.15, 0.2) is 36.8 Å². The average Bonchev–Trinajstić information content (AvgIpc) is 2.65. The maximum Gasteiger partial charge on any atom is 0.0958 e. The minimum atomic E-state index is 0.970. The molecule has 3 aromatic rings. The van der Waals surface area contributed by atoms with Gasteiger partial charge in [-0.25, -0.2) is 4.52 Å². The first kappa shape index (κ1) is 6.54. The lowest BCUT2D eigenvalue weighted by molar-refractivity contribution is 0.857. The van der Waals surface area contributed by atoms with Gasteiger partial charge in [-0.05, 0) is 18.2 Å². The number of hydrogen-bond donors (Lipinski definition) is 0. The van der Waals surface area contributed by atoms with Gasteiger partial charge in [-0.1, -0.05) is 5.21 Å². The van der Waals surface area contributed by atoms with Crippen molar-refractivity contribution in [3.05, 3.63) is 36.8 Å². The first-order valence-corrected chi connectivity index (χ1v) is 3.99. The van der Waals surface area contributed by atoms with E-state index in [4.69, 9.17) is 0 Å². The molecule has 0 radical (unpaired) electrons. The minimum Gasteiger partial charge on any atom is -0.256 e. The van der Waals surface area contributed by atoms with Gasteiger partial charge < -0.3 is 0 Å². The largest absolute Gasteiger partial charge is 0.256 e. The molecule has 0 N–H and O–H groups in total. The molecule has 0 amide bonds. The number of nitrogens with zero attached hydrogens (tertiary/aromatic N) is 4. The van der Waals surface area contributed by atoms with E-state index < -0.39 is 0 Å². The van der Waals surface area contributed by atoms with Gasteiger partial charge in [0.1, 0.15) is 0 Å². The van der Waals surface area contributed by atoms with E-state index in [1.807, 2.05) is 24.4 Å². The summed E-state index contributed by atoms with van der Waals surface area (Å²) in [6, 6.07) is 5.85. The Balaban J connectivity index is 2.65. The second-order valence-corrected chi connectivity index (χ2v) is 2.82. The predicted molar refractivity (Wildman–Crippen MR) is 48.3 cm³/mol. The Bertz CT molecular complexity index is 570. The van der Waals surface area contributed by atoms with Gasteiger partial charge in [0, 0.05) is 17.8 Å². The zero-order valence-electron chi connectivity index (χ0n) is 6.75. The number of fused-ring (bicyclic) bond motifs is 3. The standard InChI is InChI=1S/C9H6N4/c1-2-7-8(10-4-1)3-5-13-9(7)6-11-12-13/h1-6H. The molecule has 0 bridgehead atoms. The molecule has 3 rings (SSSR count). The minimum absolute atomic E-state index is 0.970. The molecule has 3 heterocycles. The Morgan fingerprint density at radius 1 is 1.23 bits per heavy atom. The molecular formula is C9H6N4. The number of rotatable bonds is 0. The van der Waals surface area contributed by atoms with Gasteiger partial charge >= 0.3 is 0 Å². The van der Waals surface area contributed by atoms with Gasteiger partial charge in [0.25, 0.3) is 0 Å². The Hall–Kier alpha value is -1.97. The van der Waals surface area contributed by atoms with Crippen LogP contribution in [-0.2, 0) is 0 Å². The van der Waals surface area contributed by atoms with Crippen molar-refractivity contribution < 1.29 is 0 Å². The average molecular weight is 170 g/mol. The van der Waals surface area contributed by atoms with Crippen LogP contribution in [-0.4, -0.2) is 19.8 Å². The maximum atomic E-state index is 4.24. The third-order valence-corrected chi connectivity index (χ3v) is 2.06. The van der Waals surface area contributed by atoms with E-state index in [1.54, 1.807) is 16.9 Å². The van der Waals surface area contributed by atoms with Crippen molar-refractivity contribution in [1.82, 2.24) is 19.8 Å². The smallest absolute Gasteiger partial charge is 0.0958 e. The van der Waals surface area contributed by atoms with Gasteiger partial charge in [-0.2, -0.15) is 0 Å². The van der Waals surface area contributed by atoms with Crippen molar-refractivity contribution in [3.63, 3.8) is 0 Å². The highest BCUT2D eigenvalue weighted by atomic mass is 15.4. The molecule has 0 atom stereocenters. The lowest BCUT2D eigenvalue weighted by Crippen LogP contribution is -1.87. The Kier molecular flexibility index (Phi) is 1.14. The summed E-state index contributed by atoms with van der Waals surface area (Å²) in [6.07, 6.45) is 5.38. The lowest BCUT2D eigenvalue weighted by atomic mass is 10.2. The van der Waals surface area contributed by atoms with Gasteiger partial charge in [0.05, 0.1) is 17.2 Å². The SMILES string of the molecule is c1cnc2ccn3nncc3c2c1. The van der Waals surface area contributed by atoms with Gasteiger partial charge in [-0.15, -0.1) is 5.10 Å². The number of aromatic nitrogens is 4. The summed E-state index contributed by atoms with van der Waals surface area (Å²) in [5.41, 5.74) is 1.96. The molecule has 0 spiro atoms. The van der Waals surface area contributed by atoms with Crippen molar-refractivity contribution in [2.75, 3.05) is 0 Å². The fourth-order valence-corrected chi connectivity index (χ4v) is 1.45. The van der Waals surface area contributed by atoms with Crippen molar-refractivity contribution in [2.45, 2.75) is 0 Å². The van der Waals surface area contributed by atoms with Crippen molar-refractivity contribution >= 4 is 16.4 Å². The first-order valence-electron chi connectivity index (χ1n) is 3.99. The van der Waals surface area contributed by atoms with E-state index in [2.05, 4.69) is 15.3 Å². The van der Waals surface area contributed by atoms with Crippen LogP contribution in [0.5, 0.6) is 0 Å². The fourth-order valence-electron chi connectivity index (χ4n) is 1.45. The van der Waals surface area contributed by atoms with E-state index in [0.29, 0.717) is 0 Å². The van der Waals surface area contributed by atoms with Crippen LogP contribution in [0.1, 0.15) is 0 Å². The summed E-state index contributed by atoms with van der Waals surface area (Å²) in [4.78, 5) is 4.24.